The molecule has 1 aromatic carbocycles. The van der Waals surface area contributed by atoms with Crippen LogP contribution >= 0.6 is 0 Å². The molecule has 1 aromatic heterocycles. The van der Waals surface area contributed by atoms with E-state index in [2.05, 4.69) is 0 Å². The molecule has 0 aliphatic rings. The van der Waals surface area contributed by atoms with Gasteiger partial charge in [-0.05, 0) is 42.0 Å². The van der Waals surface area contributed by atoms with Gasteiger partial charge in [0.15, 0.2) is 6.29 Å². The van der Waals surface area contributed by atoms with Gasteiger partial charge in [0.25, 0.3) is 0 Å². The molecule has 1 N–H and O–H groups in total. The highest BCUT2D eigenvalue weighted by molar-refractivity contribution is 5.76. The maximum absolute atomic E-state index is 10.7. The van der Waals surface area contributed by atoms with Crippen LogP contribution in [0.2, 0.25) is 0 Å². The van der Waals surface area contributed by atoms with Crippen LogP contribution in [0.15, 0.2) is 36.4 Å². The van der Waals surface area contributed by atoms with Gasteiger partial charge in [-0.15, -0.1) is 0 Å². The van der Waals surface area contributed by atoms with Crippen LogP contribution in [0.5, 0.6) is 5.75 Å². The number of hydrogen-bond acceptors (Lipinski definition) is 2. The second-order valence-corrected chi connectivity index (χ2v) is 3.37. The second-order valence-electron chi connectivity index (χ2n) is 3.37. The van der Waals surface area contributed by atoms with E-state index < -0.39 is 0 Å². The maximum Gasteiger partial charge on any atom is 0.166 e. The Morgan fingerprint density at radius 2 is 1.80 bits per heavy atom. The lowest BCUT2D eigenvalue weighted by molar-refractivity contribution is 0.111. The van der Waals surface area contributed by atoms with Gasteiger partial charge in [0.2, 0.25) is 0 Å². The Labute approximate surface area is 87.6 Å². The molecule has 0 saturated heterocycles. The van der Waals surface area contributed by atoms with Crippen molar-refractivity contribution < 1.29 is 9.90 Å². The van der Waals surface area contributed by atoms with Gasteiger partial charge in [-0.1, -0.05) is 0 Å². The molecule has 3 heteroatoms. The summed E-state index contributed by atoms with van der Waals surface area (Å²) in [6.45, 7) is 0. The molecular weight excluding hydrogens is 190 g/mol. The molecule has 15 heavy (non-hydrogen) atoms. The summed E-state index contributed by atoms with van der Waals surface area (Å²) in [5.74, 6) is 0.239. The molecule has 2 rings (SSSR count). The quantitative estimate of drug-likeness (QED) is 0.757. The van der Waals surface area contributed by atoms with Gasteiger partial charge in [-0.25, -0.2) is 0 Å². The predicted molar refractivity (Wildman–Crippen MR) is 57.9 cm³/mol. The number of aromatic nitrogens is 1. The lowest BCUT2D eigenvalue weighted by Gasteiger charge is -2.04. The van der Waals surface area contributed by atoms with Gasteiger partial charge in [0.05, 0.1) is 5.69 Å². The van der Waals surface area contributed by atoms with E-state index in [4.69, 9.17) is 5.11 Å². The number of carbonyl (C=O) groups is 1. The van der Waals surface area contributed by atoms with E-state index in [1.54, 1.807) is 18.2 Å². The Hall–Kier alpha value is -2.03. The Bertz CT molecular complexity index is 483. The first-order valence-electron chi connectivity index (χ1n) is 4.62. The molecule has 0 amide bonds. The van der Waals surface area contributed by atoms with Crippen LogP contribution in [0.3, 0.4) is 0 Å². The average Bonchev–Trinajstić information content (AvgIpc) is 2.61. The van der Waals surface area contributed by atoms with Gasteiger partial charge < -0.3 is 9.67 Å². The molecule has 0 aliphatic carbocycles. The smallest absolute Gasteiger partial charge is 0.166 e. The lowest BCUT2D eigenvalue weighted by Crippen LogP contribution is -1.96. The van der Waals surface area contributed by atoms with E-state index in [1.807, 2.05) is 29.8 Å². The standard InChI is InChI=1S/C12H11NO2/c1-13-10(8-14)4-7-12(13)9-2-5-11(15)6-3-9/h2-8,15H,1H3. The molecule has 3 nitrogen and oxygen atoms in total. The minimum Gasteiger partial charge on any atom is -0.508 e. The van der Waals surface area contributed by atoms with Crippen molar-refractivity contribution in [2.24, 2.45) is 7.05 Å². The summed E-state index contributed by atoms with van der Waals surface area (Å²) < 4.78 is 1.82. The number of phenolic OH excluding ortho intramolecular Hbond substituents is 1. The first-order valence-corrected chi connectivity index (χ1v) is 4.62. The molecule has 2 aromatic rings. The van der Waals surface area contributed by atoms with Gasteiger partial charge in [0.1, 0.15) is 5.75 Å². The highest BCUT2D eigenvalue weighted by Crippen LogP contribution is 2.22. The van der Waals surface area contributed by atoms with Crippen LogP contribution in [0, 0.1) is 0 Å². The summed E-state index contributed by atoms with van der Waals surface area (Å²) in [6, 6.07) is 10.6. The molecule has 0 spiro atoms. The molecular formula is C12H11NO2. The Morgan fingerprint density at radius 3 is 2.33 bits per heavy atom. The number of aldehydes is 1. The van der Waals surface area contributed by atoms with Crippen molar-refractivity contribution in [2.45, 2.75) is 0 Å². The van der Waals surface area contributed by atoms with E-state index >= 15 is 0 Å². The summed E-state index contributed by atoms with van der Waals surface area (Å²) >= 11 is 0. The summed E-state index contributed by atoms with van der Waals surface area (Å²) in [5, 5.41) is 9.16. The fraction of sp³-hybridized carbons (Fsp3) is 0.0833. The first-order chi connectivity index (χ1) is 7.22. The second kappa shape index (κ2) is 3.61. The van der Waals surface area contributed by atoms with Crippen molar-refractivity contribution in [1.29, 1.82) is 0 Å². The zero-order valence-electron chi connectivity index (χ0n) is 8.34. The molecule has 0 bridgehead atoms. The molecule has 0 radical (unpaired) electrons. The molecule has 0 unspecified atom stereocenters. The van der Waals surface area contributed by atoms with E-state index in [-0.39, 0.29) is 5.75 Å². The number of benzene rings is 1. The number of phenols is 1. The molecule has 1 heterocycles. The average molecular weight is 201 g/mol. The largest absolute Gasteiger partial charge is 0.508 e. The molecule has 76 valence electrons. The van der Waals surface area contributed by atoms with E-state index in [1.165, 1.54) is 0 Å². The number of hydrogen-bond donors (Lipinski definition) is 1. The Morgan fingerprint density at radius 1 is 1.13 bits per heavy atom. The van der Waals surface area contributed by atoms with Crippen molar-refractivity contribution in [2.75, 3.05) is 0 Å². The fourth-order valence-electron chi connectivity index (χ4n) is 1.57. The minimum atomic E-state index is 0.239. The van der Waals surface area contributed by atoms with Crippen LogP contribution in [-0.2, 0) is 7.05 Å². The number of rotatable bonds is 2. The molecule has 0 saturated carbocycles. The van der Waals surface area contributed by atoms with Gasteiger partial charge >= 0.3 is 0 Å². The van der Waals surface area contributed by atoms with E-state index in [0.29, 0.717) is 5.69 Å². The van der Waals surface area contributed by atoms with Gasteiger partial charge in [-0.3, -0.25) is 4.79 Å². The van der Waals surface area contributed by atoms with Crippen molar-refractivity contribution in [1.82, 2.24) is 4.57 Å². The number of carbonyl (C=O) groups excluding carboxylic acids is 1. The highest BCUT2D eigenvalue weighted by atomic mass is 16.3. The number of nitrogens with zero attached hydrogens (tertiary/aromatic N) is 1. The highest BCUT2D eigenvalue weighted by Gasteiger charge is 2.05. The Kier molecular flexibility index (Phi) is 2.29. The lowest BCUT2D eigenvalue weighted by atomic mass is 10.1. The van der Waals surface area contributed by atoms with Crippen LogP contribution in [0.1, 0.15) is 10.5 Å². The summed E-state index contributed by atoms with van der Waals surface area (Å²) in [5.41, 5.74) is 2.57. The zero-order valence-corrected chi connectivity index (χ0v) is 8.34. The van der Waals surface area contributed by atoms with E-state index in [9.17, 15) is 4.79 Å². The van der Waals surface area contributed by atoms with Gasteiger partial charge in [0, 0.05) is 12.7 Å². The van der Waals surface area contributed by atoms with Crippen LogP contribution in [0.25, 0.3) is 11.3 Å². The molecule has 0 fully saturated rings. The summed E-state index contributed by atoms with van der Waals surface area (Å²) in [6.07, 6.45) is 0.823. The molecule has 0 aliphatic heterocycles. The van der Waals surface area contributed by atoms with Gasteiger partial charge in [-0.2, -0.15) is 0 Å². The minimum absolute atomic E-state index is 0.239. The van der Waals surface area contributed by atoms with Crippen molar-refractivity contribution >= 4 is 6.29 Å². The number of aromatic hydroxyl groups is 1. The monoisotopic (exact) mass is 201 g/mol. The zero-order chi connectivity index (χ0) is 10.8. The van der Waals surface area contributed by atoms with E-state index in [0.717, 1.165) is 17.5 Å². The van der Waals surface area contributed by atoms with Crippen LogP contribution in [0.4, 0.5) is 0 Å². The topological polar surface area (TPSA) is 42.2 Å². The normalized spacial score (nSPS) is 10.2. The third-order valence-corrected chi connectivity index (χ3v) is 2.44. The third kappa shape index (κ3) is 1.64. The first kappa shape index (κ1) is 9.52. The Balaban J connectivity index is 2.49. The van der Waals surface area contributed by atoms with Crippen LogP contribution in [-0.4, -0.2) is 16.0 Å². The SMILES string of the molecule is Cn1c(C=O)ccc1-c1ccc(O)cc1. The predicted octanol–water partition coefficient (Wildman–Crippen LogP) is 2.21. The summed E-state index contributed by atoms with van der Waals surface area (Å²) in [4.78, 5) is 10.7. The third-order valence-electron chi connectivity index (χ3n) is 2.44. The summed E-state index contributed by atoms with van der Waals surface area (Å²) in [7, 11) is 1.84. The molecule has 0 atom stereocenters. The van der Waals surface area contributed by atoms with Crippen molar-refractivity contribution in [3.8, 4) is 17.0 Å². The maximum atomic E-state index is 10.7. The van der Waals surface area contributed by atoms with Crippen LogP contribution < -0.4 is 0 Å². The fourth-order valence-corrected chi connectivity index (χ4v) is 1.57. The van der Waals surface area contributed by atoms with Crippen molar-refractivity contribution in [3.63, 3.8) is 0 Å². The van der Waals surface area contributed by atoms with Crippen molar-refractivity contribution in [3.05, 3.63) is 42.1 Å².